The van der Waals surface area contributed by atoms with Crippen molar-refractivity contribution in [2.45, 2.75) is 19.2 Å². The summed E-state index contributed by atoms with van der Waals surface area (Å²) < 4.78 is 1.54. The molecule has 64 valence electrons. The van der Waals surface area contributed by atoms with Gasteiger partial charge in [-0.25, -0.2) is 0 Å². The van der Waals surface area contributed by atoms with Crippen LogP contribution in [0.3, 0.4) is 0 Å². The van der Waals surface area contributed by atoms with Crippen LogP contribution in [0.15, 0.2) is 41.4 Å². The number of hydrogen-bond acceptors (Lipinski definition) is 0. The Morgan fingerprint density at radius 3 is 2.42 bits per heavy atom. The summed E-state index contributed by atoms with van der Waals surface area (Å²) in [4.78, 5) is 2.38. The first kappa shape index (κ1) is 9.57. The summed E-state index contributed by atoms with van der Waals surface area (Å²) in [6.45, 7) is 4.38. The van der Waals surface area contributed by atoms with Crippen LogP contribution in [0.4, 0.5) is 0 Å². The average molecular weight is 226 g/mol. The van der Waals surface area contributed by atoms with Gasteiger partial charge >= 0.3 is 78.9 Å². The van der Waals surface area contributed by atoms with Crippen molar-refractivity contribution in [3.63, 3.8) is 0 Å². The van der Waals surface area contributed by atoms with E-state index in [0.717, 1.165) is 0 Å². The molecule has 1 rings (SSSR count). The summed E-state index contributed by atoms with van der Waals surface area (Å²) in [7, 11) is 0. The molecule has 0 nitrogen and oxygen atoms in total. The van der Waals surface area contributed by atoms with Crippen LogP contribution in [-0.2, 0) is 0 Å². The summed E-state index contributed by atoms with van der Waals surface area (Å²) in [6.07, 6.45) is 2.18. The van der Waals surface area contributed by atoms with Crippen LogP contribution in [0.25, 0.3) is 0 Å². The van der Waals surface area contributed by atoms with Gasteiger partial charge < -0.3 is 0 Å². The topological polar surface area (TPSA) is 0 Å². The van der Waals surface area contributed by atoms with E-state index in [9.17, 15) is 0 Å². The van der Waals surface area contributed by atoms with E-state index in [4.69, 9.17) is 0 Å². The second kappa shape index (κ2) is 5.18. The van der Waals surface area contributed by atoms with Crippen molar-refractivity contribution in [2.24, 2.45) is 0 Å². The molecule has 0 aliphatic carbocycles. The second-order valence-electron chi connectivity index (χ2n) is 2.50. The number of rotatable bonds is 3. The third-order valence-electron chi connectivity index (χ3n) is 1.66. The zero-order valence-corrected chi connectivity index (χ0v) is 9.37. The van der Waals surface area contributed by atoms with Crippen LogP contribution < -0.4 is 4.46 Å². The first-order chi connectivity index (χ1) is 5.88. The standard InChI is InChI=1S/C11H15Se/c1-3-10-12(4-2)11-8-6-5-7-9-11/h3,5-10H,4H2,1-2H3/q+1/b10-3+. The molecule has 0 N–H and O–H groups in total. The Labute approximate surface area is 79.2 Å². The Hall–Kier alpha value is -0.521. The molecule has 0 aromatic heterocycles. The number of hydrogen-bond donors (Lipinski definition) is 0. The van der Waals surface area contributed by atoms with E-state index in [1.165, 1.54) is 9.78 Å². The quantitative estimate of drug-likeness (QED) is 0.695. The van der Waals surface area contributed by atoms with Gasteiger partial charge in [-0.2, -0.15) is 0 Å². The SMILES string of the molecule is C/C=C/[Se+](CC)c1ccccc1. The van der Waals surface area contributed by atoms with Crippen molar-refractivity contribution in [3.05, 3.63) is 41.4 Å². The molecular formula is C11H15Se+. The molecule has 0 bridgehead atoms. The van der Waals surface area contributed by atoms with E-state index in [1.807, 2.05) is 0 Å². The van der Waals surface area contributed by atoms with Crippen LogP contribution in [0.5, 0.6) is 0 Å². The number of benzene rings is 1. The van der Waals surface area contributed by atoms with Gasteiger partial charge in [0.05, 0.1) is 0 Å². The molecule has 0 aliphatic rings. The molecule has 1 unspecified atom stereocenters. The van der Waals surface area contributed by atoms with Crippen molar-refractivity contribution in [2.75, 3.05) is 0 Å². The van der Waals surface area contributed by atoms with E-state index in [1.54, 1.807) is 0 Å². The summed E-state index contributed by atoms with van der Waals surface area (Å²) in [5, 5.41) is 1.30. The van der Waals surface area contributed by atoms with Crippen molar-refractivity contribution in [1.29, 1.82) is 0 Å². The Bertz CT molecular complexity index is 238. The molecule has 0 heterocycles. The van der Waals surface area contributed by atoms with Crippen LogP contribution in [0, 0.1) is 0 Å². The molecule has 0 saturated heterocycles. The molecular weight excluding hydrogens is 211 g/mol. The molecule has 0 fully saturated rings. The van der Waals surface area contributed by atoms with E-state index in [2.05, 4.69) is 55.2 Å². The fourth-order valence-electron chi connectivity index (χ4n) is 1.10. The van der Waals surface area contributed by atoms with Gasteiger partial charge in [0.2, 0.25) is 0 Å². The molecule has 12 heavy (non-hydrogen) atoms. The Kier molecular flexibility index (Phi) is 4.13. The van der Waals surface area contributed by atoms with Crippen LogP contribution >= 0.6 is 0 Å². The predicted octanol–water partition coefficient (Wildman–Crippen LogP) is 2.52. The molecule has 0 radical (unpaired) electrons. The fourth-order valence-corrected chi connectivity index (χ4v) is 4.29. The summed E-state index contributed by atoms with van der Waals surface area (Å²) >= 11 is -0.617. The van der Waals surface area contributed by atoms with Crippen molar-refractivity contribution < 1.29 is 0 Å². The van der Waals surface area contributed by atoms with Gasteiger partial charge in [-0.1, -0.05) is 0 Å². The normalized spacial score (nSPS) is 13.5. The third-order valence-corrected chi connectivity index (χ3v) is 6.06. The molecule has 0 aliphatic heterocycles. The molecule has 1 aromatic rings. The van der Waals surface area contributed by atoms with Gasteiger partial charge in [-0.05, 0) is 0 Å². The van der Waals surface area contributed by atoms with Gasteiger partial charge in [0.25, 0.3) is 0 Å². The average Bonchev–Trinajstić information content (AvgIpc) is 2.15. The van der Waals surface area contributed by atoms with Crippen molar-refractivity contribution in [1.82, 2.24) is 0 Å². The van der Waals surface area contributed by atoms with Gasteiger partial charge in [-0.3, -0.25) is 0 Å². The van der Waals surface area contributed by atoms with Gasteiger partial charge in [0, 0.05) is 0 Å². The molecule has 0 spiro atoms. The zero-order valence-electron chi connectivity index (χ0n) is 7.66. The minimum atomic E-state index is -0.617. The van der Waals surface area contributed by atoms with E-state index < -0.39 is 13.9 Å². The maximum atomic E-state index is 2.38. The predicted molar refractivity (Wildman–Crippen MR) is 57.1 cm³/mol. The molecule has 1 aromatic carbocycles. The van der Waals surface area contributed by atoms with Crippen LogP contribution in [0.2, 0.25) is 5.32 Å². The monoisotopic (exact) mass is 227 g/mol. The molecule has 1 heteroatoms. The van der Waals surface area contributed by atoms with Crippen molar-refractivity contribution in [3.8, 4) is 0 Å². The Morgan fingerprint density at radius 1 is 1.25 bits per heavy atom. The summed E-state index contributed by atoms with van der Waals surface area (Å²) in [5.41, 5.74) is 0. The Morgan fingerprint density at radius 2 is 1.92 bits per heavy atom. The van der Waals surface area contributed by atoms with Gasteiger partial charge in [-0.15, -0.1) is 0 Å². The summed E-state index contributed by atoms with van der Waals surface area (Å²) in [5.74, 6) is 0. The fraction of sp³-hybridized carbons (Fsp3) is 0.273. The third kappa shape index (κ3) is 2.51. The zero-order chi connectivity index (χ0) is 8.81. The summed E-state index contributed by atoms with van der Waals surface area (Å²) in [6, 6.07) is 10.8. The van der Waals surface area contributed by atoms with Gasteiger partial charge in [0.1, 0.15) is 0 Å². The first-order valence-corrected chi connectivity index (χ1v) is 7.31. The molecule has 0 saturated carbocycles. The van der Waals surface area contributed by atoms with E-state index >= 15 is 0 Å². The second-order valence-corrected chi connectivity index (χ2v) is 7.07. The van der Waals surface area contributed by atoms with Crippen LogP contribution in [-0.4, -0.2) is 13.9 Å². The van der Waals surface area contributed by atoms with E-state index in [0.29, 0.717) is 0 Å². The van der Waals surface area contributed by atoms with Gasteiger partial charge in [0.15, 0.2) is 0 Å². The maximum absolute atomic E-state index is 2.38. The van der Waals surface area contributed by atoms with E-state index in [-0.39, 0.29) is 0 Å². The first-order valence-electron chi connectivity index (χ1n) is 4.26. The Balaban J connectivity index is 2.80. The van der Waals surface area contributed by atoms with Crippen LogP contribution in [0.1, 0.15) is 13.8 Å². The molecule has 0 amide bonds. The minimum absolute atomic E-state index is 0.617. The van der Waals surface area contributed by atoms with Crippen molar-refractivity contribution >= 4 is 18.4 Å². The molecule has 1 atom stereocenters. The number of allylic oxidation sites excluding steroid dienone is 1.